The highest BCUT2D eigenvalue weighted by molar-refractivity contribution is 5.90. The molecule has 1 aliphatic carbocycles. The second kappa shape index (κ2) is 10.3. The summed E-state index contributed by atoms with van der Waals surface area (Å²) >= 11 is 0. The quantitative estimate of drug-likeness (QED) is 0.411. The number of carbonyl (C=O) groups excluding carboxylic acids is 1. The topological polar surface area (TPSA) is 63.2 Å². The van der Waals surface area contributed by atoms with Gasteiger partial charge in [0.1, 0.15) is 11.4 Å². The van der Waals surface area contributed by atoms with Gasteiger partial charge in [-0.2, -0.15) is 0 Å². The molecule has 0 atom stereocenters. The van der Waals surface area contributed by atoms with Crippen LogP contribution in [0.15, 0.2) is 72.9 Å². The van der Waals surface area contributed by atoms with Gasteiger partial charge in [0.05, 0.1) is 0 Å². The molecule has 1 aromatic heterocycles. The molecule has 0 spiro atoms. The van der Waals surface area contributed by atoms with Crippen LogP contribution in [-0.2, 0) is 10.8 Å². The van der Waals surface area contributed by atoms with Crippen LogP contribution in [0.1, 0.15) is 64.0 Å². The van der Waals surface area contributed by atoms with Crippen LogP contribution in [0.25, 0.3) is 0 Å². The highest BCUT2D eigenvalue weighted by atomic mass is 16.5. The third-order valence-electron chi connectivity index (χ3n) is 6.71. The molecule has 5 heteroatoms. The largest absolute Gasteiger partial charge is 0.437 e. The molecule has 2 N–H and O–H groups in total. The number of rotatable bonds is 6. The fraction of sp³-hybridized carbons (Fsp3) is 0.379. The number of amides is 2. The molecule has 5 nitrogen and oxygen atoms in total. The Hall–Kier alpha value is -3.34. The van der Waals surface area contributed by atoms with Gasteiger partial charge >= 0.3 is 6.03 Å². The first-order chi connectivity index (χ1) is 16.4. The molecule has 4 rings (SSSR count). The minimum atomic E-state index is -0.247. The predicted molar refractivity (Wildman–Crippen MR) is 138 cm³/mol. The first kappa shape index (κ1) is 23.8. The zero-order chi connectivity index (χ0) is 24.0. The van der Waals surface area contributed by atoms with Crippen molar-refractivity contribution in [1.29, 1.82) is 0 Å². The molecule has 2 amide bonds. The molecule has 0 radical (unpaired) electrons. The summed E-state index contributed by atoms with van der Waals surface area (Å²) in [5.74, 6) is 1.12. The normalized spacial score (nSPS) is 15.4. The molecular formula is C29H35N3O2. The summed E-state index contributed by atoms with van der Waals surface area (Å²) in [6.45, 7) is 7.04. The molecule has 1 fully saturated rings. The lowest BCUT2D eigenvalue weighted by Crippen LogP contribution is -2.43. The summed E-state index contributed by atoms with van der Waals surface area (Å²) in [5.41, 5.74) is 2.83. The summed E-state index contributed by atoms with van der Waals surface area (Å²) in [7, 11) is 0. The third kappa shape index (κ3) is 5.58. The maximum Gasteiger partial charge on any atom is 0.319 e. The van der Waals surface area contributed by atoms with Crippen molar-refractivity contribution in [3.05, 3.63) is 84.1 Å². The first-order valence-corrected chi connectivity index (χ1v) is 12.2. The minimum Gasteiger partial charge on any atom is -0.437 e. The predicted octanol–water partition coefficient (Wildman–Crippen LogP) is 7.20. The molecule has 0 aliphatic heterocycles. The summed E-state index contributed by atoms with van der Waals surface area (Å²) in [5, 5.41) is 6.09. The van der Waals surface area contributed by atoms with E-state index in [1.807, 2.05) is 30.3 Å². The number of ether oxygens (including phenoxy) is 1. The number of urea groups is 1. The van der Waals surface area contributed by atoms with E-state index in [2.05, 4.69) is 66.7 Å². The molecule has 1 saturated carbocycles. The average molecular weight is 458 g/mol. The van der Waals surface area contributed by atoms with E-state index in [-0.39, 0.29) is 16.9 Å². The Bertz CT molecular complexity index is 1100. The number of nitrogens with zero attached hydrogens (tertiary/aromatic N) is 1. The SMILES string of the molecule is CC(C)(C)c1ccccc1Oc1ncccc1NC(=O)NCC1(c2ccccc2)CCCCC1. The second-order valence-corrected chi connectivity index (χ2v) is 10.2. The number of carbonyl (C=O) groups is 1. The average Bonchev–Trinajstić information content (AvgIpc) is 2.85. The van der Waals surface area contributed by atoms with Crippen molar-refractivity contribution >= 4 is 11.7 Å². The van der Waals surface area contributed by atoms with Crippen molar-refractivity contribution in [2.45, 2.75) is 63.7 Å². The van der Waals surface area contributed by atoms with Gasteiger partial charge in [-0.1, -0.05) is 88.6 Å². The summed E-state index contributed by atoms with van der Waals surface area (Å²) in [6, 6.07) is 21.9. The molecule has 3 aromatic rings. The van der Waals surface area contributed by atoms with Crippen LogP contribution in [0.2, 0.25) is 0 Å². The van der Waals surface area contributed by atoms with Crippen LogP contribution in [-0.4, -0.2) is 17.6 Å². The van der Waals surface area contributed by atoms with Gasteiger partial charge in [0.25, 0.3) is 0 Å². The first-order valence-electron chi connectivity index (χ1n) is 12.2. The smallest absolute Gasteiger partial charge is 0.319 e. The Kier molecular flexibility index (Phi) is 7.20. The third-order valence-corrected chi connectivity index (χ3v) is 6.71. The van der Waals surface area contributed by atoms with E-state index >= 15 is 0 Å². The lowest BCUT2D eigenvalue weighted by molar-refractivity contribution is 0.240. The summed E-state index contributed by atoms with van der Waals surface area (Å²) < 4.78 is 6.20. The Labute approximate surface area is 203 Å². The molecular weight excluding hydrogens is 422 g/mol. The number of pyridine rings is 1. The zero-order valence-corrected chi connectivity index (χ0v) is 20.4. The maximum absolute atomic E-state index is 13.0. The Morgan fingerprint density at radius 1 is 0.941 bits per heavy atom. The molecule has 0 bridgehead atoms. The number of benzene rings is 2. The van der Waals surface area contributed by atoms with E-state index in [9.17, 15) is 4.79 Å². The molecule has 34 heavy (non-hydrogen) atoms. The second-order valence-electron chi connectivity index (χ2n) is 10.2. The number of anilines is 1. The highest BCUT2D eigenvalue weighted by Crippen LogP contribution is 2.39. The van der Waals surface area contributed by atoms with Crippen LogP contribution >= 0.6 is 0 Å². The van der Waals surface area contributed by atoms with Crippen molar-refractivity contribution in [3.63, 3.8) is 0 Å². The fourth-order valence-electron chi connectivity index (χ4n) is 4.85. The zero-order valence-electron chi connectivity index (χ0n) is 20.4. The number of hydrogen-bond acceptors (Lipinski definition) is 3. The molecule has 1 heterocycles. The number of hydrogen-bond donors (Lipinski definition) is 2. The van der Waals surface area contributed by atoms with Gasteiger partial charge in [-0.15, -0.1) is 0 Å². The van der Waals surface area contributed by atoms with Crippen molar-refractivity contribution in [3.8, 4) is 11.6 Å². The molecule has 1 aliphatic rings. The van der Waals surface area contributed by atoms with Crippen LogP contribution in [0.4, 0.5) is 10.5 Å². The maximum atomic E-state index is 13.0. The van der Waals surface area contributed by atoms with E-state index in [0.717, 1.165) is 24.2 Å². The van der Waals surface area contributed by atoms with Crippen LogP contribution in [0.5, 0.6) is 11.6 Å². The number of aromatic nitrogens is 1. The van der Waals surface area contributed by atoms with Crippen molar-refractivity contribution < 1.29 is 9.53 Å². The van der Waals surface area contributed by atoms with Crippen LogP contribution < -0.4 is 15.4 Å². The lowest BCUT2D eigenvalue weighted by Gasteiger charge is -2.38. The monoisotopic (exact) mass is 457 g/mol. The minimum absolute atomic E-state index is 0.0171. The van der Waals surface area contributed by atoms with E-state index in [1.54, 1.807) is 12.3 Å². The fourth-order valence-corrected chi connectivity index (χ4v) is 4.85. The van der Waals surface area contributed by atoms with E-state index in [4.69, 9.17) is 4.74 Å². The summed E-state index contributed by atoms with van der Waals surface area (Å²) in [4.78, 5) is 17.4. The Morgan fingerprint density at radius 2 is 1.65 bits per heavy atom. The van der Waals surface area contributed by atoms with Gasteiger partial charge in [0.15, 0.2) is 0 Å². The van der Waals surface area contributed by atoms with Crippen LogP contribution in [0, 0.1) is 0 Å². The molecule has 2 aromatic carbocycles. The van der Waals surface area contributed by atoms with Gasteiger partial charge in [-0.25, -0.2) is 9.78 Å². The molecule has 0 unspecified atom stereocenters. The van der Waals surface area contributed by atoms with Crippen molar-refractivity contribution in [2.24, 2.45) is 0 Å². The Balaban J connectivity index is 1.48. The highest BCUT2D eigenvalue weighted by Gasteiger charge is 2.34. The standard InChI is InChI=1S/C29H35N3O2/c1-28(2,3)23-15-8-9-17-25(23)34-26-24(16-12-20-30-26)32-27(33)31-21-29(18-10-5-11-19-29)22-13-6-4-7-14-22/h4,6-9,12-17,20H,5,10-11,18-19,21H2,1-3H3,(H2,31,32,33). The van der Waals surface area contributed by atoms with Gasteiger partial charge in [-0.05, 0) is 42.0 Å². The number of para-hydroxylation sites is 1. The number of nitrogens with one attached hydrogen (secondary N) is 2. The van der Waals surface area contributed by atoms with Gasteiger partial charge in [0, 0.05) is 23.7 Å². The molecule has 178 valence electrons. The van der Waals surface area contributed by atoms with Gasteiger partial charge in [-0.3, -0.25) is 0 Å². The van der Waals surface area contributed by atoms with E-state index < -0.39 is 0 Å². The van der Waals surface area contributed by atoms with E-state index in [0.29, 0.717) is 18.1 Å². The van der Waals surface area contributed by atoms with Crippen molar-refractivity contribution in [2.75, 3.05) is 11.9 Å². The van der Waals surface area contributed by atoms with Crippen LogP contribution in [0.3, 0.4) is 0 Å². The van der Waals surface area contributed by atoms with E-state index in [1.165, 1.54) is 24.8 Å². The van der Waals surface area contributed by atoms with Gasteiger partial charge < -0.3 is 15.4 Å². The Morgan fingerprint density at radius 3 is 2.38 bits per heavy atom. The van der Waals surface area contributed by atoms with Gasteiger partial charge in [0.2, 0.25) is 5.88 Å². The van der Waals surface area contributed by atoms with Crippen molar-refractivity contribution in [1.82, 2.24) is 10.3 Å². The summed E-state index contributed by atoms with van der Waals surface area (Å²) in [6.07, 6.45) is 7.47. The molecule has 0 saturated heterocycles. The lowest BCUT2D eigenvalue weighted by atomic mass is 9.69.